The molecular formula is C16H15NO. The van der Waals surface area contributed by atoms with Crippen molar-refractivity contribution in [2.24, 2.45) is 0 Å². The van der Waals surface area contributed by atoms with Crippen molar-refractivity contribution in [3.8, 4) is 0 Å². The van der Waals surface area contributed by atoms with Crippen LogP contribution in [0.1, 0.15) is 16.7 Å². The summed E-state index contributed by atoms with van der Waals surface area (Å²) in [5, 5.41) is 0. The number of benzene rings is 2. The van der Waals surface area contributed by atoms with Crippen LogP contribution in [0.15, 0.2) is 42.5 Å². The van der Waals surface area contributed by atoms with Gasteiger partial charge in [0.1, 0.15) is 0 Å². The van der Waals surface area contributed by atoms with Crippen molar-refractivity contribution in [1.82, 2.24) is 0 Å². The fourth-order valence-corrected chi connectivity index (χ4v) is 2.58. The van der Waals surface area contributed by atoms with Gasteiger partial charge >= 0.3 is 0 Å². The number of para-hydroxylation sites is 1. The third-order valence-electron chi connectivity index (χ3n) is 3.42. The second kappa shape index (κ2) is 3.98. The van der Waals surface area contributed by atoms with Gasteiger partial charge in [-0.1, -0.05) is 35.9 Å². The molecule has 0 N–H and O–H groups in total. The van der Waals surface area contributed by atoms with E-state index >= 15 is 0 Å². The first kappa shape index (κ1) is 11.0. The average molecular weight is 237 g/mol. The highest BCUT2D eigenvalue weighted by atomic mass is 16.2. The lowest BCUT2D eigenvalue weighted by Crippen LogP contribution is -2.21. The second-order valence-corrected chi connectivity index (χ2v) is 4.82. The van der Waals surface area contributed by atoms with Crippen molar-refractivity contribution in [3.63, 3.8) is 0 Å². The van der Waals surface area contributed by atoms with Gasteiger partial charge < -0.3 is 0 Å². The Bertz CT molecular complexity index is 631. The summed E-state index contributed by atoms with van der Waals surface area (Å²) >= 11 is 0. The predicted molar refractivity (Wildman–Crippen MR) is 73.2 cm³/mol. The van der Waals surface area contributed by atoms with Crippen LogP contribution >= 0.6 is 0 Å². The molecule has 90 valence electrons. The number of carbonyl (C=O) groups excluding carboxylic acids is 1. The lowest BCUT2D eigenvalue weighted by atomic mass is 10.1. The molecule has 0 bridgehead atoms. The minimum absolute atomic E-state index is 0.156. The molecule has 0 saturated carbocycles. The summed E-state index contributed by atoms with van der Waals surface area (Å²) in [4.78, 5) is 14.0. The van der Waals surface area contributed by atoms with Gasteiger partial charge in [0.15, 0.2) is 0 Å². The molecule has 0 saturated heterocycles. The highest BCUT2D eigenvalue weighted by Crippen LogP contribution is 2.36. The van der Waals surface area contributed by atoms with E-state index in [-0.39, 0.29) is 5.91 Å². The molecule has 0 aliphatic carbocycles. The van der Waals surface area contributed by atoms with Crippen LogP contribution in [0.2, 0.25) is 0 Å². The normalized spacial score (nSPS) is 13.9. The van der Waals surface area contributed by atoms with Gasteiger partial charge in [0.25, 0.3) is 0 Å². The molecule has 1 heterocycles. The molecule has 0 atom stereocenters. The summed E-state index contributed by atoms with van der Waals surface area (Å²) in [5.41, 5.74) is 5.49. The fraction of sp³-hybridized carbons (Fsp3) is 0.188. The van der Waals surface area contributed by atoms with E-state index in [4.69, 9.17) is 0 Å². The Morgan fingerprint density at radius 1 is 1.00 bits per heavy atom. The van der Waals surface area contributed by atoms with Crippen LogP contribution in [0.25, 0.3) is 0 Å². The van der Waals surface area contributed by atoms with Crippen molar-refractivity contribution in [2.75, 3.05) is 4.90 Å². The van der Waals surface area contributed by atoms with Gasteiger partial charge in [-0.3, -0.25) is 9.69 Å². The third kappa shape index (κ3) is 1.61. The van der Waals surface area contributed by atoms with Crippen LogP contribution in [0, 0.1) is 13.8 Å². The van der Waals surface area contributed by atoms with Crippen LogP contribution in [0.5, 0.6) is 0 Å². The lowest BCUT2D eigenvalue weighted by molar-refractivity contribution is -0.116. The van der Waals surface area contributed by atoms with Crippen LogP contribution in [-0.4, -0.2) is 5.91 Å². The van der Waals surface area contributed by atoms with Crippen LogP contribution in [-0.2, 0) is 11.2 Å². The topological polar surface area (TPSA) is 20.3 Å². The van der Waals surface area contributed by atoms with Crippen molar-refractivity contribution < 1.29 is 4.79 Å². The molecular weight excluding hydrogens is 222 g/mol. The molecule has 0 unspecified atom stereocenters. The summed E-state index contributed by atoms with van der Waals surface area (Å²) in [6, 6.07) is 14.2. The average Bonchev–Trinajstić information content (AvgIpc) is 2.66. The molecule has 3 rings (SSSR count). The van der Waals surface area contributed by atoms with E-state index < -0.39 is 0 Å². The fourth-order valence-electron chi connectivity index (χ4n) is 2.58. The monoisotopic (exact) mass is 237 g/mol. The number of rotatable bonds is 1. The van der Waals surface area contributed by atoms with E-state index in [0.717, 1.165) is 22.5 Å². The summed E-state index contributed by atoms with van der Waals surface area (Å²) in [7, 11) is 0. The van der Waals surface area contributed by atoms with Crippen LogP contribution in [0.3, 0.4) is 0 Å². The van der Waals surface area contributed by atoms with Crippen molar-refractivity contribution in [2.45, 2.75) is 20.3 Å². The van der Waals surface area contributed by atoms with Gasteiger partial charge in [-0.05, 0) is 37.1 Å². The van der Waals surface area contributed by atoms with Gasteiger partial charge in [-0.25, -0.2) is 0 Å². The Kier molecular flexibility index (Phi) is 2.44. The van der Waals surface area contributed by atoms with E-state index in [2.05, 4.69) is 26.0 Å². The van der Waals surface area contributed by atoms with Gasteiger partial charge in [-0.2, -0.15) is 0 Å². The van der Waals surface area contributed by atoms with Gasteiger partial charge in [-0.15, -0.1) is 0 Å². The standard InChI is InChI=1S/C16H15NO/c1-11-7-8-14(12(2)9-11)17-15-6-4-3-5-13(15)10-16(17)18/h3-9H,10H2,1-2H3. The van der Waals surface area contributed by atoms with E-state index in [1.54, 1.807) is 0 Å². The summed E-state index contributed by atoms with van der Waals surface area (Å²) < 4.78 is 0. The van der Waals surface area contributed by atoms with Gasteiger partial charge in [0.05, 0.1) is 17.8 Å². The zero-order chi connectivity index (χ0) is 12.7. The van der Waals surface area contributed by atoms with Crippen molar-refractivity contribution in [1.29, 1.82) is 0 Å². The van der Waals surface area contributed by atoms with E-state index in [9.17, 15) is 4.79 Å². The largest absolute Gasteiger partial charge is 0.280 e. The zero-order valence-electron chi connectivity index (χ0n) is 10.6. The molecule has 2 nitrogen and oxygen atoms in total. The molecule has 1 aliphatic heterocycles. The second-order valence-electron chi connectivity index (χ2n) is 4.82. The van der Waals surface area contributed by atoms with Crippen molar-refractivity contribution in [3.05, 3.63) is 59.2 Å². The van der Waals surface area contributed by atoms with E-state index in [1.165, 1.54) is 5.56 Å². The minimum Gasteiger partial charge on any atom is -0.280 e. The lowest BCUT2D eigenvalue weighted by Gasteiger charge is -2.20. The van der Waals surface area contributed by atoms with Gasteiger partial charge in [0, 0.05) is 0 Å². The number of aryl methyl sites for hydroxylation is 2. The number of carbonyl (C=O) groups is 1. The van der Waals surface area contributed by atoms with E-state index in [1.807, 2.05) is 35.2 Å². The smallest absolute Gasteiger partial charge is 0.236 e. The maximum absolute atomic E-state index is 12.2. The SMILES string of the molecule is Cc1ccc(N2C(=O)Cc3ccccc32)c(C)c1. The van der Waals surface area contributed by atoms with Crippen LogP contribution in [0.4, 0.5) is 11.4 Å². The Labute approximate surface area is 107 Å². The first-order valence-corrected chi connectivity index (χ1v) is 6.15. The van der Waals surface area contributed by atoms with Crippen molar-refractivity contribution >= 4 is 17.3 Å². The third-order valence-corrected chi connectivity index (χ3v) is 3.42. The Balaban J connectivity index is 2.15. The molecule has 0 aromatic heterocycles. The molecule has 18 heavy (non-hydrogen) atoms. The minimum atomic E-state index is 0.156. The number of anilines is 2. The Morgan fingerprint density at radius 3 is 2.56 bits per heavy atom. The zero-order valence-corrected chi connectivity index (χ0v) is 10.6. The Morgan fingerprint density at radius 2 is 1.78 bits per heavy atom. The number of nitrogens with zero attached hydrogens (tertiary/aromatic N) is 1. The first-order valence-electron chi connectivity index (χ1n) is 6.15. The highest BCUT2D eigenvalue weighted by molar-refractivity contribution is 6.07. The maximum atomic E-state index is 12.2. The predicted octanol–water partition coefficient (Wildman–Crippen LogP) is 3.52. The first-order chi connectivity index (χ1) is 8.66. The molecule has 1 aliphatic rings. The maximum Gasteiger partial charge on any atom is 0.236 e. The molecule has 2 aromatic carbocycles. The van der Waals surface area contributed by atoms with Gasteiger partial charge in [0.2, 0.25) is 5.91 Å². The summed E-state index contributed by atoms with van der Waals surface area (Å²) in [6.07, 6.45) is 0.503. The summed E-state index contributed by atoms with van der Waals surface area (Å²) in [5.74, 6) is 0.156. The van der Waals surface area contributed by atoms with Crippen LogP contribution < -0.4 is 4.90 Å². The number of hydrogen-bond donors (Lipinski definition) is 0. The Hall–Kier alpha value is -2.09. The molecule has 1 amide bonds. The number of amides is 1. The van der Waals surface area contributed by atoms with E-state index in [0.29, 0.717) is 6.42 Å². The summed E-state index contributed by atoms with van der Waals surface area (Å²) in [6.45, 7) is 4.12. The molecule has 2 aromatic rings. The number of fused-ring (bicyclic) bond motifs is 1. The molecule has 2 heteroatoms. The molecule has 0 fully saturated rings. The highest BCUT2D eigenvalue weighted by Gasteiger charge is 2.28. The molecule has 0 radical (unpaired) electrons. The molecule has 0 spiro atoms. The quantitative estimate of drug-likeness (QED) is 0.743. The number of hydrogen-bond acceptors (Lipinski definition) is 1.